The molecule has 0 aliphatic carbocycles. The fourth-order valence-electron chi connectivity index (χ4n) is 2.28. The number of hydrogen-bond acceptors (Lipinski definition) is 4. The first-order chi connectivity index (χ1) is 9.34. The van der Waals surface area contributed by atoms with Crippen LogP contribution in [-0.2, 0) is 4.79 Å². The quantitative estimate of drug-likeness (QED) is 0.825. The molecule has 1 aliphatic rings. The van der Waals surface area contributed by atoms with Gasteiger partial charge < -0.3 is 15.5 Å². The maximum atomic E-state index is 12.1. The second kappa shape index (κ2) is 5.27. The number of piperazine rings is 1. The summed E-state index contributed by atoms with van der Waals surface area (Å²) in [6.07, 6.45) is 3.63. The minimum absolute atomic E-state index is 0.138. The predicted molar refractivity (Wildman–Crippen MR) is 73.1 cm³/mol. The highest BCUT2D eigenvalue weighted by Gasteiger charge is 2.15. The zero-order valence-electron chi connectivity index (χ0n) is 10.7. The molecule has 6 heteroatoms. The number of nitrogens with one attached hydrogen (secondary N) is 2. The van der Waals surface area contributed by atoms with Gasteiger partial charge in [0.2, 0.25) is 5.91 Å². The van der Waals surface area contributed by atoms with E-state index in [1.54, 1.807) is 6.20 Å². The third kappa shape index (κ3) is 2.53. The van der Waals surface area contributed by atoms with Gasteiger partial charge in [0, 0.05) is 38.6 Å². The van der Waals surface area contributed by atoms with Crippen LogP contribution in [0.1, 0.15) is 0 Å². The largest absolute Gasteiger partial charge is 0.362 e. The van der Waals surface area contributed by atoms with Gasteiger partial charge in [-0.1, -0.05) is 6.07 Å². The first-order valence-corrected chi connectivity index (χ1v) is 6.49. The van der Waals surface area contributed by atoms with Gasteiger partial charge in [0.25, 0.3) is 0 Å². The van der Waals surface area contributed by atoms with E-state index >= 15 is 0 Å². The highest BCUT2D eigenvalue weighted by Crippen LogP contribution is 2.10. The van der Waals surface area contributed by atoms with E-state index in [0.717, 1.165) is 37.6 Å². The van der Waals surface area contributed by atoms with Gasteiger partial charge in [0.05, 0.1) is 6.54 Å². The standard InChI is InChI=1S/C13H17N5O/c19-13(17-7-4-14-5-8-17)10-16-12-3-1-2-11-15-6-9-18(11)12/h1-3,6,9,14,16H,4-5,7-8,10H2. The lowest BCUT2D eigenvalue weighted by Crippen LogP contribution is -2.48. The van der Waals surface area contributed by atoms with Gasteiger partial charge >= 0.3 is 0 Å². The second-order valence-electron chi connectivity index (χ2n) is 4.55. The Hall–Kier alpha value is -2.08. The third-order valence-electron chi connectivity index (χ3n) is 3.32. The summed E-state index contributed by atoms with van der Waals surface area (Å²) in [5.74, 6) is 1.03. The van der Waals surface area contributed by atoms with E-state index in [0.29, 0.717) is 6.54 Å². The van der Waals surface area contributed by atoms with Crippen molar-refractivity contribution in [3.63, 3.8) is 0 Å². The number of fused-ring (bicyclic) bond motifs is 1. The van der Waals surface area contributed by atoms with Crippen molar-refractivity contribution in [2.45, 2.75) is 0 Å². The minimum atomic E-state index is 0.138. The maximum absolute atomic E-state index is 12.1. The molecule has 0 radical (unpaired) electrons. The molecule has 19 heavy (non-hydrogen) atoms. The summed E-state index contributed by atoms with van der Waals surface area (Å²) in [4.78, 5) is 18.2. The molecule has 0 unspecified atom stereocenters. The maximum Gasteiger partial charge on any atom is 0.242 e. The zero-order valence-corrected chi connectivity index (χ0v) is 10.7. The summed E-state index contributed by atoms with van der Waals surface area (Å²) in [7, 11) is 0. The predicted octanol–water partition coefficient (Wildman–Crippen LogP) is 0.178. The van der Waals surface area contributed by atoms with Crippen molar-refractivity contribution in [3.05, 3.63) is 30.6 Å². The topological polar surface area (TPSA) is 61.7 Å². The molecule has 0 aromatic carbocycles. The molecule has 1 amide bonds. The van der Waals surface area contributed by atoms with E-state index in [-0.39, 0.29) is 5.91 Å². The molecule has 2 N–H and O–H groups in total. The number of aromatic nitrogens is 2. The monoisotopic (exact) mass is 259 g/mol. The highest BCUT2D eigenvalue weighted by molar-refractivity contribution is 5.80. The van der Waals surface area contributed by atoms with Crippen molar-refractivity contribution in [3.8, 4) is 0 Å². The summed E-state index contributed by atoms with van der Waals surface area (Å²) >= 11 is 0. The van der Waals surface area contributed by atoms with E-state index in [4.69, 9.17) is 0 Å². The Morgan fingerprint density at radius 3 is 3.05 bits per heavy atom. The Morgan fingerprint density at radius 1 is 1.37 bits per heavy atom. The van der Waals surface area contributed by atoms with E-state index in [1.165, 1.54) is 0 Å². The fourth-order valence-corrected chi connectivity index (χ4v) is 2.28. The Labute approximate surface area is 111 Å². The summed E-state index contributed by atoms with van der Waals surface area (Å²) < 4.78 is 1.94. The molecular weight excluding hydrogens is 242 g/mol. The van der Waals surface area contributed by atoms with Crippen molar-refractivity contribution in [2.75, 3.05) is 38.0 Å². The molecular formula is C13H17N5O. The number of nitrogens with zero attached hydrogens (tertiary/aromatic N) is 3. The van der Waals surface area contributed by atoms with E-state index in [9.17, 15) is 4.79 Å². The molecule has 3 rings (SSSR count). The normalized spacial score (nSPS) is 15.7. The van der Waals surface area contributed by atoms with Crippen LogP contribution in [0.4, 0.5) is 5.82 Å². The number of anilines is 1. The van der Waals surface area contributed by atoms with Crippen molar-refractivity contribution < 1.29 is 4.79 Å². The molecule has 0 spiro atoms. The highest BCUT2D eigenvalue weighted by atomic mass is 16.2. The summed E-state index contributed by atoms with van der Waals surface area (Å²) in [5, 5.41) is 6.42. The second-order valence-corrected chi connectivity index (χ2v) is 4.55. The SMILES string of the molecule is O=C(CNc1cccc2nccn12)N1CCNCC1. The zero-order chi connectivity index (χ0) is 13.1. The van der Waals surface area contributed by atoms with Crippen LogP contribution in [0.25, 0.3) is 5.65 Å². The lowest BCUT2D eigenvalue weighted by molar-refractivity contribution is -0.129. The summed E-state index contributed by atoms with van der Waals surface area (Å²) in [5.41, 5.74) is 0.875. The lowest BCUT2D eigenvalue weighted by Gasteiger charge is -2.27. The molecule has 1 fully saturated rings. The van der Waals surface area contributed by atoms with Gasteiger partial charge in [-0.05, 0) is 12.1 Å². The lowest BCUT2D eigenvalue weighted by atomic mass is 10.3. The molecule has 1 aliphatic heterocycles. The molecule has 0 atom stereocenters. The van der Waals surface area contributed by atoms with E-state index < -0.39 is 0 Å². The molecule has 3 heterocycles. The van der Waals surface area contributed by atoms with Gasteiger partial charge in [-0.25, -0.2) is 4.98 Å². The van der Waals surface area contributed by atoms with Crippen molar-refractivity contribution in [1.29, 1.82) is 0 Å². The first kappa shape index (κ1) is 12.0. The Morgan fingerprint density at radius 2 is 2.21 bits per heavy atom. The summed E-state index contributed by atoms with van der Waals surface area (Å²) in [6, 6.07) is 5.81. The van der Waals surface area contributed by atoms with E-state index in [1.807, 2.05) is 33.7 Å². The number of carbonyl (C=O) groups excluding carboxylic acids is 1. The fraction of sp³-hybridized carbons (Fsp3) is 0.385. The smallest absolute Gasteiger partial charge is 0.242 e. The molecule has 2 aromatic heterocycles. The average molecular weight is 259 g/mol. The Bertz CT molecular complexity index is 573. The van der Waals surface area contributed by atoms with Gasteiger partial charge in [-0.3, -0.25) is 9.20 Å². The molecule has 0 bridgehead atoms. The van der Waals surface area contributed by atoms with Gasteiger partial charge in [0.1, 0.15) is 11.5 Å². The Balaban J connectivity index is 1.65. The van der Waals surface area contributed by atoms with Crippen LogP contribution < -0.4 is 10.6 Å². The molecule has 6 nitrogen and oxygen atoms in total. The number of carbonyl (C=O) groups is 1. The van der Waals surface area contributed by atoms with Crippen LogP contribution >= 0.6 is 0 Å². The number of rotatable bonds is 3. The molecule has 1 saturated heterocycles. The van der Waals surface area contributed by atoms with Crippen LogP contribution in [0, 0.1) is 0 Å². The number of amides is 1. The molecule has 100 valence electrons. The summed E-state index contributed by atoms with van der Waals surface area (Å²) in [6.45, 7) is 3.65. The van der Waals surface area contributed by atoms with E-state index in [2.05, 4.69) is 15.6 Å². The first-order valence-electron chi connectivity index (χ1n) is 6.49. The Kier molecular flexibility index (Phi) is 3.33. The number of hydrogen-bond donors (Lipinski definition) is 2. The minimum Gasteiger partial charge on any atom is -0.362 e. The molecule has 2 aromatic rings. The van der Waals surface area contributed by atoms with Gasteiger partial charge in [-0.2, -0.15) is 0 Å². The third-order valence-corrected chi connectivity index (χ3v) is 3.32. The van der Waals surface area contributed by atoms with Crippen LogP contribution in [0.15, 0.2) is 30.6 Å². The van der Waals surface area contributed by atoms with Crippen LogP contribution in [-0.4, -0.2) is 52.9 Å². The van der Waals surface area contributed by atoms with Crippen LogP contribution in [0.5, 0.6) is 0 Å². The van der Waals surface area contributed by atoms with Gasteiger partial charge in [0.15, 0.2) is 0 Å². The van der Waals surface area contributed by atoms with Crippen LogP contribution in [0.2, 0.25) is 0 Å². The molecule has 0 saturated carbocycles. The van der Waals surface area contributed by atoms with Gasteiger partial charge in [-0.15, -0.1) is 0 Å². The van der Waals surface area contributed by atoms with Crippen LogP contribution in [0.3, 0.4) is 0 Å². The van der Waals surface area contributed by atoms with Crippen molar-refractivity contribution in [2.24, 2.45) is 0 Å². The average Bonchev–Trinajstić information content (AvgIpc) is 2.94. The number of imidazole rings is 1. The van der Waals surface area contributed by atoms with Crippen molar-refractivity contribution in [1.82, 2.24) is 19.6 Å². The van der Waals surface area contributed by atoms with Crippen molar-refractivity contribution >= 4 is 17.4 Å². The number of pyridine rings is 1.